The zero-order valence-corrected chi connectivity index (χ0v) is 55.5. The molecule has 0 spiro atoms. The molecule has 1 aliphatic carbocycles. The number of rotatable bonds is 11. The maximum atomic E-state index is 5.19. The quantitative estimate of drug-likeness (QED) is 0.118. The van der Waals surface area contributed by atoms with Crippen LogP contribution in [0.1, 0.15) is 18.4 Å². The summed E-state index contributed by atoms with van der Waals surface area (Å²) < 4.78 is 0. The third kappa shape index (κ3) is 11.9. The lowest BCUT2D eigenvalue weighted by atomic mass is 9.92. The largest absolute Gasteiger partial charge is 0.254 e. The minimum absolute atomic E-state index is 0.708. The van der Waals surface area contributed by atoms with Crippen molar-refractivity contribution in [2.24, 2.45) is 0 Å². The SMILES string of the molecule is C1=CC(c2ccc(-c3cc(-c4ccc(-c5ccc(-c6ccc7ccc8cccnc8c7n6)cc5)c5ccccc45)nc(-c4ccccc4)n3)cc2)=CCC1.c1ccc(-c2cc(-c3ccc(-c4ccc(-c5ccc6ccc7cccnc7c6n5)cc4)c4ccccc34)nc(-c3ccccc3)n2)cc1. The molecule has 0 N–H and O–H groups in total. The number of hydrogen-bond acceptors (Lipinski definition) is 8. The molecular formula is C94H62N8. The Kier molecular flexibility index (Phi) is 15.9. The number of pyridine rings is 4. The predicted octanol–water partition coefficient (Wildman–Crippen LogP) is 23.9. The Hall–Kier alpha value is -13.6. The first kappa shape index (κ1) is 60.8. The van der Waals surface area contributed by atoms with Crippen molar-refractivity contribution in [3.05, 3.63) is 358 Å². The monoisotopic (exact) mass is 1300 g/mol. The van der Waals surface area contributed by atoms with Crippen LogP contribution >= 0.6 is 0 Å². The summed E-state index contributed by atoms with van der Waals surface area (Å²) in [6.07, 6.45) is 12.6. The fraction of sp³-hybridized carbons (Fsp3) is 0.0213. The van der Waals surface area contributed by atoms with Gasteiger partial charge in [-0.05, 0) is 104 Å². The molecule has 0 radical (unpaired) electrons. The molecule has 0 unspecified atom stereocenters. The van der Waals surface area contributed by atoms with Crippen molar-refractivity contribution < 1.29 is 0 Å². The number of nitrogens with zero attached hydrogens (tertiary/aromatic N) is 8. The molecule has 1 aliphatic rings. The zero-order valence-electron chi connectivity index (χ0n) is 55.5. The summed E-state index contributed by atoms with van der Waals surface area (Å²) in [6.45, 7) is 0. The highest BCUT2D eigenvalue weighted by Gasteiger charge is 2.19. The van der Waals surface area contributed by atoms with Gasteiger partial charge in [0.15, 0.2) is 11.6 Å². The molecule has 8 nitrogen and oxygen atoms in total. The van der Waals surface area contributed by atoms with E-state index in [1.807, 2.05) is 79.1 Å². The molecule has 8 heteroatoms. The Morgan fingerprint density at radius 2 is 0.559 bits per heavy atom. The van der Waals surface area contributed by atoms with Crippen LogP contribution < -0.4 is 0 Å². The van der Waals surface area contributed by atoms with Crippen molar-refractivity contribution >= 4 is 70.7 Å². The standard InChI is InChI=1S/C50H34N4.C44H28N4/c1-3-10-33(11-4-1)34-17-21-37(22-18-34)46-32-47(54-50(53-46)40-12-5-2-6-13-40)44-29-28-41(42-15-7-8-16-43(42)44)35-19-23-36(24-20-35)45-30-27-39-26-25-38-14-9-31-51-48(38)49(39)52-45;1-3-10-30(11-4-1)40-28-41(48-44(47-40)34-12-5-2-6-13-34)38-25-24-35(36-15-7-8-16-37(36)38)29-17-19-31(20-18-29)39-26-23-33-22-21-32-14-9-27-45-42(32)43(33)46-39/h2-3,5-32H,1,4H2;1-28H. The van der Waals surface area contributed by atoms with Gasteiger partial charge in [-0.25, -0.2) is 29.9 Å². The van der Waals surface area contributed by atoms with Crippen LogP contribution in [-0.2, 0) is 0 Å². The van der Waals surface area contributed by atoms with Gasteiger partial charge in [0.1, 0.15) is 0 Å². The van der Waals surface area contributed by atoms with Crippen LogP contribution in [0.3, 0.4) is 0 Å². The molecule has 6 aromatic heterocycles. The highest BCUT2D eigenvalue weighted by molar-refractivity contribution is 6.08. The van der Waals surface area contributed by atoms with E-state index in [0.29, 0.717) is 11.6 Å². The first-order valence-electron chi connectivity index (χ1n) is 34.5. The first-order chi connectivity index (χ1) is 50.5. The van der Waals surface area contributed by atoms with Crippen molar-refractivity contribution in [3.63, 3.8) is 0 Å². The third-order valence-electron chi connectivity index (χ3n) is 19.3. The second kappa shape index (κ2) is 26.7. The van der Waals surface area contributed by atoms with Crippen LogP contribution in [0.2, 0.25) is 0 Å². The molecule has 0 amide bonds. The summed E-state index contributed by atoms with van der Waals surface area (Å²) in [5.74, 6) is 1.42. The molecule has 0 saturated heterocycles. The number of allylic oxidation sites excluding steroid dienone is 4. The number of aromatic nitrogens is 8. The summed E-state index contributed by atoms with van der Waals surface area (Å²) in [5, 5.41) is 8.99. The number of fused-ring (bicyclic) bond motifs is 8. The molecule has 478 valence electrons. The van der Waals surface area contributed by atoms with E-state index in [2.05, 4.69) is 283 Å². The smallest absolute Gasteiger partial charge is 0.160 e. The van der Waals surface area contributed by atoms with Gasteiger partial charge < -0.3 is 0 Å². The van der Waals surface area contributed by atoms with E-state index >= 15 is 0 Å². The molecule has 0 bridgehead atoms. The first-order valence-corrected chi connectivity index (χ1v) is 34.5. The Labute approximate surface area is 590 Å². The van der Waals surface area contributed by atoms with Gasteiger partial charge >= 0.3 is 0 Å². The topological polar surface area (TPSA) is 103 Å². The van der Waals surface area contributed by atoms with E-state index in [0.717, 1.165) is 157 Å². The van der Waals surface area contributed by atoms with Crippen LogP contribution in [0.4, 0.5) is 0 Å². The average molecular weight is 1300 g/mol. The van der Waals surface area contributed by atoms with Crippen molar-refractivity contribution in [1.29, 1.82) is 0 Å². The Morgan fingerprint density at radius 3 is 0.990 bits per heavy atom. The van der Waals surface area contributed by atoms with E-state index in [-0.39, 0.29) is 0 Å². The van der Waals surface area contributed by atoms with Gasteiger partial charge in [-0.3, -0.25) is 9.97 Å². The summed E-state index contributed by atoms with van der Waals surface area (Å²) >= 11 is 0. The fourth-order valence-corrected chi connectivity index (χ4v) is 14.1. The van der Waals surface area contributed by atoms with Gasteiger partial charge in [-0.1, -0.05) is 303 Å². The molecule has 0 aliphatic heterocycles. The van der Waals surface area contributed by atoms with Gasteiger partial charge in [0, 0.05) is 78.4 Å². The third-order valence-corrected chi connectivity index (χ3v) is 19.3. The maximum Gasteiger partial charge on any atom is 0.160 e. The van der Waals surface area contributed by atoms with Crippen LogP contribution in [0, 0.1) is 0 Å². The van der Waals surface area contributed by atoms with Crippen molar-refractivity contribution in [2.45, 2.75) is 12.8 Å². The number of benzene rings is 12. The summed E-state index contributed by atoms with van der Waals surface area (Å²) in [5.41, 5.74) is 24.6. The molecule has 12 aromatic carbocycles. The van der Waals surface area contributed by atoms with E-state index in [1.54, 1.807) is 0 Å². The Balaban J connectivity index is 0.000000147. The average Bonchev–Trinajstić information content (AvgIpc) is 0.787. The van der Waals surface area contributed by atoms with E-state index in [1.165, 1.54) is 33.0 Å². The van der Waals surface area contributed by atoms with Crippen LogP contribution in [0.25, 0.3) is 183 Å². The predicted molar refractivity (Wildman–Crippen MR) is 421 cm³/mol. The van der Waals surface area contributed by atoms with E-state index in [4.69, 9.17) is 29.9 Å². The highest BCUT2D eigenvalue weighted by Crippen LogP contribution is 2.41. The number of hydrogen-bond donors (Lipinski definition) is 0. The zero-order chi connectivity index (χ0) is 67.7. The summed E-state index contributed by atoms with van der Waals surface area (Å²) in [4.78, 5) is 39.8. The summed E-state index contributed by atoms with van der Waals surface area (Å²) in [7, 11) is 0. The van der Waals surface area contributed by atoms with Gasteiger partial charge in [-0.2, -0.15) is 0 Å². The molecule has 6 heterocycles. The van der Waals surface area contributed by atoms with Gasteiger partial charge in [0.05, 0.1) is 56.2 Å². The van der Waals surface area contributed by atoms with E-state index < -0.39 is 0 Å². The van der Waals surface area contributed by atoms with Gasteiger partial charge in [-0.15, -0.1) is 0 Å². The molecule has 18 aromatic rings. The summed E-state index contributed by atoms with van der Waals surface area (Å²) in [6, 6.07) is 112. The maximum absolute atomic E-state index is 5.19. The second-order valence-corrected chi connectivity index (χ2v) is 25.6. The fourth-order valence-electron chi connectivity index (χ4n) is 14.1. The lowest BCUT2D eigenvalue weighted by Crippen LogP contribution is -1.97. The van der Waals surface area contributed by atoms with Crippen molar-refractivity contribution in [3.8, 4) is 113 Å². The lowest BCUT2D eigenvalue weighted by molar-refractivity contribution is 1.04. The lowest BCUT2D eigenvalue weighted by Gasteiger charge is -2.14. The van der Waals surface area contributed by atoms with Crippen LogP contribution in [-0.4, -0.2) is 39.9 Å². The minimum atomic E-state index is 0.708. The van der Waals surface area contributed by atoms with Crippen molar-refractivity contribution in [2.75, 3.05) is 0 Å². The van der Waals surface area contributed by atoms with Crippen LogP contribution in [0.15, 0.2) is 352 Å². The molecule has 0 saturated carbocycles. The normalized spacial score (nSPS) is 12.1. The minimum Gasteiger partial charge on any atom is -0.254 e. The molecule has 0 atom stereocenters. The molecule has 19 rings (SSSR count). The van der Waals surface area contributed by atoms with Gasteiger partial charge in [0.25, 0.3) is 0 Å². The van der Waals surface area contributed by atoms with Crippen LogP contribution in [0.5, 0.6) is 0 Å². The van der Waals surface area contributed by atoms with Crippen molar-refractivity contribution in [1.82, 2.24) is 39.9 Å². The highest BCUT2D eigenvalue weighted by atomic mass is 14.9. The molecule has 0 fully saturated rings. The molecule has 102 heavy (non-hydrogen) atoms. The molecular weight excluding hydrogens is 1240 g/mol. The second-order valence-electron chi connectivity index (χ2n) is 25.6. The van der Waals surface area contributed by atoms with Gasteiger partial charge in [0.2, 0.25) is 0 Å². The Bertz CT molecular complexity index is 6220. The van der Waals surface area contributed by atoms with E-state index in [9.17, 15) is 0 Å². The Morgan fingerprint density at radius 1 is 0.216 bits per heavy atom.